The molecule has 0 radical (unpaired) electrons. The van der Waals surface area contributed by atoms with Gasteiger partial charge in [0.05, 0.1) is 0 Å². The van der Waals surface area contributed by atoms with E-state index in [-0.39, 0.29) is 0 Å². The van der Waals surface area contributed by atoms with Gasteiger partial charge in [-0.25, -0.2) is 0 Å². The maximum Gasteiger partial charge on any atom is -0.0414 e. The van der Waals surface area contributed by atoms with Crippen molar-refractivity contribution in [2.75, 3.05) is 0 Å². The minimum atomic E-state index is 0.911. The van der Waals surface area contributed by atoms with Crippen molar-refractivity contribution in [1.82, 2.24) is 0 Å². The highest BCUT2D eigenvalue weighted by atomic mass is 14.2. The fourth-order valence-electron chi connectivity index (χ4n) is 2.29. The summed E-state index contributed by atoms with van der Waals surface area (Å²) in [6, 6.07) is 0. The van der Waals surface area contributed by atoms with Gasteiger partial charge in [-0.15, -0.1) is 0 Å². The summed E-state index contributed by atoms with van der Waals surface area (Å²) in [5.41, 5.74) is 0. The molecule has 0 spiro atoms. The lowest BCUT2D eigenvalue weighted by Gasteiger charge is -2.21. The van der Waals surface area contributed by atoms with Crippen molar-refractivity contribution < 1.29 is 0 Å². The number of hydrogen-bond acceptors (Lipinski definition) is 0. The summed E-state index contributed by atoms with van der Waals surface area (Å²) in [5.74, 6) is 2.01. The van der Waals surface area contributed by atoms with E-state index in [4.69, 9.17) is 0 Å². The van der Waals surface area contributed by atoms with Crippen molar-refractivity contribution in [3.05, 3.63) is 0 Å². The first-order valence-corrected chi connectivity index (χ1v) is 5.79. The number of hydrogen-bond donors (Lipinski definition) is 0. The Balaban J connectivity index is 1.98. The molecular weight excluding hydrogens is 144 g/mol. The van der Waals surface area contributed by atoms with Crippen molar-refractivity contribution in [3.8, 4) is 0 Å². The van der Waals surface area contributed by atoms with Crippen LogP contribution in [0.1, 0.15) is 65.2 Å². The molecule has 0 amide bonds. The Bertz CT molecular complexity index is 98.6. The zero-order valence-electron chi connectivity index (χ0n) is 8.81. The van der Waals surface area contributed by atoms with Crippen LogP contribution in [0, 0.1) is 11.8 Å². The Morgan fingerprint density at radius 2 is 1.75 bits per heavy atom. The minimum absolute atomic E-state index is 0.911. The van der Waals surface area contributed by atoms with Crippen LogP contribution >= 0.6 is 0 Å². The lowest BCUT2D eigenvalue weighted by atomic mass is 9.85. The summed E-state index contributed by atoms with van der Waals surface area (Å²) < 4.78 is 0. The van der Waals surface area contributed by atoms with Crippen molar-refractivity contribution in [2.45, 2.75) is 65.2 Å². The molecule has 0 atom stereocenters. The lowest BCUT2D eigenvalue weighted by molar-refractivity contribution is 0.323. The lowest BCUT2D eigenvalue weighted by Crippen LogP contribution is -2.06. The molecule has 0 nitrogen and oxygen atoms in total. The predicted molar refractivity (Wildman–Crippen MR) is 55.3 cm³/mol. The maximum atomic E-state index is 2.33. The SMILES string of the molecule is CC(C)CCCC1CCCCC1. The molecule has 0 heteroatoms. The van der Waals surface area contributed by atoms with Crippen molar-refractivity contribution in [3.63, 3.8) is 0 Å². The van der Waals surface area contributed by atoms with Crippen LogP contribution in [-0.4, -0.2) is 0 Å². The second-order valence-electron chi connectivity index (χ2n) is 4.83. The highest BCUT2D eigenvalue weighted by molar-refractivity contribution is 4.65. The normalized spacial score (nSPS) is 20.2. The van der Waals surface area contributed by atoms with Gasteiger partial charge >= 0.3 is 0 Å². The molecule has 1 fully saturated rings. The van der Waals surface area contributed by atoms with E-state index in [1.807, 2.05) is 0 Å². The molecular formula is C12H24. The second-order valence-corrected chi connectivity index (χ2v) is 4.83. The molecule has 1 saturated carbocycles. The molecule has 1 rings (SSSR count). The third kappa shape index (κ3) is 4.13. The van der Waals surface area contributed by atoms with Gasteiger partial charge in [0.15, 0.2) is 0 Å². The van der Waals surface area contributed by atoms with E-state index < -0.39 is 0 Å². The Kier molecular flexibility index (Phi) is 4.72. The Hall–Kier alpha value is 0. The summed E-state index contributed by atoms with van der Waals surface area (Å²) in [6.45, 7) is 4.67. The van der Waals surface area contributed by atoms with Gasteiger partial charge in [0, 0.05) is 0 Å². The third-order valence-electron chi connectivity index (χ3n) is 3.12. The van der Waals surface area contributed by atoms with E-state index in [0.29, 0.717) is 0 Å². The van der Waals surface area contributed by atoms with E-state index in [1.165, 1.54) is 51.4 Å². The smallest absolute Gasteiger partial charge is 0.0414 e. The highest BCUT2D eigenvalue weighted by Crippen LogP contribution is 2.28. The summed E-state index contributed by atoms with van der Waals surface area (Å²) in [5, 5.41) is 0. The standard InChI is InChI=1S/C12H24/c1-11(2)7-6-10-12-8-4-3-5-9-12/h11-12H,3-10H2,1-2H3. The van der Waals surface area contributed by atoms with Crippen LogP contribution in [0.25, 0.3) is 0 Å². The van der Waals surface area contributed by atoms with Crippen LogP contribution in [0.2, 0.25) is 0 Å². The monoisotopic (exact) mass is 168 g/mol. The summed E-state index contributed by atoms with van der Waals surface area (Å²) >= 11 is 0. The van der Waals surface area contributed by atoms with Crippen LogP contribution in [-0.2, 0) is 0 Å². The summed E-state index contributed by atoms with van der Waals surface area (Å²) in [7, 11) is 0. The molecule has 72 valence electrons. The van der Waals surface area contributed by atoms with Crippen LogP contribution < -0.4 is 0 Å². The molecule has 0 saturated heterocycles. The van der Waals surface area contributed by atoms with E-state index in [9.17, 15) is 0 Å². The molecule has 12 heavy (non-hydrogen) atoms. The predicted octanol–water partition coefficient (Wildman–Crippen LogP) is 4.39. The Morgan fingerprint density at radius 1 is 1.08 bits per heavy atom. The average Bonchev–Trinajstić information content (AvgIpc) is 2.05. The highest BCUT2D eigenvalue weighted by Gasteiger charge is 2.12. The number of rotatable bonds is 4. The molecule has 0 aromatic rings. The van der Waals surface area contributed by atoms with Crippen LogP contribution in [0.5, 0.6) is 0 Å². The molecule has 0 N–H and O–H groups in total. The molecule has 0 aliphatic heterocycles. The Morgan fingerprint density at radius 3 is 2.33 bits per heavy atom. The molecule has 0 unspecified atom stereocenters. The molecule has 0 aromatic heterocycles. The molecule has 0 heterocycles. The first-order chi connectivity index (χ1) is 5.79. The maximum absolute atomic E-state index is 2.33. The van der Waals surface area contributed by atoms with Crippen LogP contribution in [0.4, 0.5) is 0 Å². The first kappa shape index (κ1) is 10.1. The van der Waals surface area contributed by atoms with E-state index >= 15 is 0 Å². The first-order valence-electron chi connectivity index (χ1n) is 5.79. The molecule has 0 aromatic carbocycles. The second kappa shape index (κ2) is 5.61. The van der Waals surface area contributed by atoms with Crippen LogP contribution in [0.3, 0.4) is 0 Å². The zero-order chi connectivity index (χ0) is 8.81. The fraction of sp³-hybridized carbons (Fsp3) is 1.00. The largest absolute Gasteiger partial charge is 0.0628 e. The van der Waals surface area contributed by atoms with E-state index in [1.54, 1.807) is 0 Å². The van der Waals surface area contributed by atoms with Gasteiger partial charge in [-0.05, 0) is 11.8 Å². The van der Waals surface area contributed by atoms with Gasteiger partial charge in [0.25, 0.3) is 0 Å². The van der Waals surface area contributed by atoms with Gasteiger partial charge in [0.1, 0.15) is 0 Å². The third-order valence-corrected chi connectivity index (χ3v) is 3.12. The average molecular weight is 168 g/mol. The minimum Gasteiger partial charge on any atom is -0.0628 e. The van der Waals surface area contributed by atoms with Gasteiger partial charge in [-0.1, -0.05) is 65.2 Å². The Labute approximate surface area is 77.7 Å². The van der Waals surface area contributed by atoms with E-state index in [0.717, 1.165) is 11.8 Å². The van der Waals surface area contributed by atoms with Crippen molar-refractivity contribution in [1.29, 1.82) is 0 Å². The van der Waals surface area contributed by atoms with Gasteiger partial charge in [0.2, 0.25) is 0 Å². The van der Waals surface area contributed by atoms with E-state index in [2.05, 4.69) is 13.8 Å². The van der Waals surface area contributed by atoms with Gasteiger partial charge < -0.3 is 0 Å². The molecule has 0 bridgehead atoms. The molecule has 1 aliphatic rings. The zero-order valence-corrected chi connectivity index (χ0v) is 8.81. The van der Waals surface area contributed by atoms with Gasteiger partial charge in [-0.3, -0.25) is 0 Å². The molecule has 1 aliphatic carbocycles. The fourth-order valence-corrected chi connectivity index (χ4v) is 2.29. The van der Waals surface area contributed by atoms with Crippen molar-refractivity contribution in [2.24, 2.45) is 11.8 Å². The van der Waals surface area contributed by atoms with Gasteiger partial charge in [-0.2, -0.15) is 0 Å². The summed E-state index contributed by atoms with van der Waals surface area (Å²) in [4.78, 5) is 0. The topological polar surface area (TPSA) is 0 Å². The summed E-state index contributed by atoms with van der Waals surface area (Å²) in [6.07, 6.45) is 12.0. The van der Waals surface area contributed by atoms with Crippen molar-refractivity contribution >= 4 is 0 Å². The van der Waals surface area contributed by atoms with Crippen LogP contribution in [0.15, 0.2) is 0 Å². The quantitative estimate of drug-likeness (QED) is 0.584.